The predicted octanol–water partition coefficient (Wildman–Crippen LogP) is 6.29. The molecule has 1 saturated heterocycles. The van der Waals surface area contributed by atoms with Gasteiger partial charge in [0.05, 0.1) is 20.6 Å². The first-order valence-electron chi connectivity index (χ1n) is 11.3. The second kappa shape index (κ2) is 10.7. The number of non-ortho nitro benzene ring substituents is 2. The van der Waals surface area contributed by atoms with Crippen LogP contribution in [0.2, 0.25) is 5.02 Å². The molecule has 4 aromatic rings. The summed E-state index contributed by atoms with van der Waals surface area (Å²) in [6.07, 6.45) is 1.11. The number of nitro groups is 2. The Morgan fingerprint density at radius 3 is 1.86 bits per heavy atom. The van der Waals surface area contributed by atoms with Crippen LogP contribution in [0, 0.1) is 20.2 Å². The minimum absolute atomic E-state index is 0.0880. The predicted molar refractivity (Wildman–Crippen MR) is 141 cm³/mol. The number of nitro benzene ring substituents is 2. The quantitative estimate of drug-likeness (QED) is 0.246. The molecule has 1 heterocycles. The summed E-state index contributed by atoms with van der Waals surface area (Å²) in [5, 5.41) is 25.4. The third kappa shape index (κ3) is 5.34. The second-order valence-electron chi connectivity index (χ2n) is 8.42. The van der Waals surface area contributed by atoms with Crippen molar-refractivity contribution in [2.24, 2.45) is 0 Å². The summed E-state index contributed by atoms with van der Waals surface area (Å²) in [5.41, 5.74) is 1.37. The molecular formula is C26H25ClN4O4. The van der Waals surface area contributed by atoms with E-state index in [2.05, 4.69) is 16.8 Å². The van der Waals surface area contributed by atoms with Crippen molar-refractivity contribution in [3.63, 3.8) is 0 Å². The molecule has 0 amide bonds. The van der Waals surface area contributed by atoms with Crippen molar-refractivity contribution < 1.29 is 9.85 Å². The Kier molecular flexibility index (Phi) is 7.43. The van der Waals surface area contributed by atoms with E-state index >= 15 is 0 Å². The number of rotatable bonds is 3. The fourth-order valence-electron chi connectivity index (χ4n) is 4.40. The van der Waals surface area contributed by atoms with Crippen LogP contribution >= 0.6 is 11.6 Å². The van der Waals surface area contributed by atoms with Crippen molar-refractivity contribution in [3.8, 4) is 0 Å². The zero-order valence-corrected chi connectivity index (χ0v) is 20.0. The Labute approximate surface area is 207 Å². The summed E-state index contributed by atoms with van der Waals surface area (Å²) in [5.74, 6) is 0. The van der Waals surface area contributed by atoms with E-state index in [0.29, 0.717) is 15.8 Å². The van der Waals surface area contributed by atoms with Crippen molar-refractivity contribution in [1.29, 1.82) is 0 Å². The maximum Gasteiger partial charge on any atom is 0.277 e. The molecule has 4 aromatic carbocycles. The van der Waals surface area contributed by atoms with Gasteiger partial charge in [-0.2, -0.15) is 0 Å². The Hall–Kier alpha value is -3.75. The van der Waals surface area contributed by atoms with E-state index in [4.69, 9.17) is 11.6 Å². The minimum atomic E-state index is -0.404. The molecule has 1 fully saturated rings. The summed E-state index contributed by atoms with van der Waals surface area (Å²) < 4.78 is 0. The zero-order valence-electron chi connectivity index (χ0n) is 19.3. The van der Waals surface area contributed by atoms with E-state index in [1.807, 2.05) is 30.3 Å². The topological polar surface area (TPSA) is 92.8 Å². The normalized spacial score (nSPS) is 14.3. The highest BCUT2D eigenvalue weighted by Gasteiger charge is 2.19. The van der Waals surface area contributed by atoms with Crippen molar-refractivity contribution >= 4 is 50.2 Å². The number of likely N-dealkylation sites (N-methyl/N-ethyl adjacent to an activating group) is 1. The van der Waals surface area contributed by atoms with E-state index in [1.54, 1.807) is 36.4 Å². The first kappa shape index (κ1) is 24.4. The van der Waals surface area contributed by atoms with Crippen LogP contribution in [0.4, 0.5) is 17.1 Å². The Bertz CT molecular complexity index is 1390. The van der Waals surface area contributed by atoms with Crippen molar-refractivity contribution in [3.05, 3.63) is 98.0 Å². The Morgan fingerprint density at radius 2 is 1.23 bits per heavy atom. The molecule has 0 unspecified atom stereocenters. The van der Waals surface area contributed by atoms with Gasteiger partial charge in [-0.05, 0) is 44.3 Å². The first-order valence-corrected chi connectivity index (χ1v) is 11.7. The Balaban J connectivity index is 0.000000179. The lowest BCUT2D eigenvalue weighted by atomic mass is 10.1. The van der Waals surface area contributed by atoms with Gasteiger partial charge in [0.2, 0.25) is 0 Å². The number of hydrogen-bond acceptors (Lipinski definition) is 6. The summed E-state index contributed by atoms with van der Waals surface area (Å²) in [6.45, 7) is 4.07. The number of hydrogen-bond donors (Lipinski definition) is 0. The lowest BCUT2D eigenvalue weighted by molar-refractivity contribution is -0.383. The van der Waals surface area contributed by atoms with E-state index in [-0.39, 0.29) is 16.3 Å². The molecule has 0 N–H and O–H groups in total. The highest BCUT2D eigenvalue weighted by Crippen LogP contribution is 2.34. The molecule has 0 atom stereocenters. The van der Waals surface area contributed by atoms with Gasteiger partial charge in [-0.3, -0.25) is 20.2 Å². The third-order valence-corrected chi connectivity index (χ3v) is 6.51. The molecule has 1 aliphatic rings. The molecule has 8 nitrogen and oxygen atoms in total. The summed E-state index contributed by atoms with van der Waals surface area (Å²) >= 11 is 5.91. The van der Waals surface area contributed by atoms with Crippen LogP contribution in [-0.2, 0) is 0 Å². The smallest absolute Gasteiger partial charge is 0.277 e. The van der Waals surface area contributed by atoms with Gasteiger partial charge in [0.25, 0.3) is 11.4 Å². The van der Waals surface area contributed by atoms with E-state index in [0.717, 1.165) is 49.1 Å². The number of halogens is 1. The van der Waals surface area contributed by atoms with Gasteiger partial charge in [-0.1, -0.05) is 48.0 Å². The summed E-state index contributed by atoms with van der Waals surface area (Å²) in [4.78, 5) is 25.8. The molecule has 1 aliphatic heterocycles. The number of fused-ring (bicyclic) bond motifs is 2. The van der Waals surface area contributed by atoms with Gasteiger partial charge in [-0.25, -0.2) is 0 Å². The van der Waals surface area contributed by atoms with Crippen LogP contribution in [0.25, 0.3) is 21.5 Å². The van der Waals surface area contributed by atoms with Gasteiger partial charge in [0.15, 0.2) is 0 Å². The van der Waals surface area contributed by atoms with Crippen LogP contribution in [0.15, 0.2) is 72.8 Å². The fraction of sp³-hybridized carbons (Fsp3) is 0.231. The molecule has 5 rings (SSSR count). The first-order chi connectivity index (χ1) is 16.9. The van der Waals surface area contributed by atoms with Crippen LogP contribution in [0.3, 0.4) is 0 Å². The van der Waals surface area contributed by atoms with Gasteiger partial charge in [0.1, 0.15) is 0 Å². The van der Waals surface area contributed by atoms with Crippen LogP contribution in [-0.4, -0.2) is 48.0 Å². The molecule has 0 aliphatic carbocycles. The van der Waals surface area contributed by atoms with Crippen molar-refractivity contribution in [2.45, 2.75) is 6.42 Å². The lowest BCUT2D eigenvalue weighted by Crippen LogP contribution is -2.28. The van der Waals surface area contributed by atoms with Crippen LogP contribution in [0.5, 0.6) is 0 Å². The molecule has 180 valence electrons. The molecule has 0 aromatic heterocycles. The van der Waals surface area contributed by atoms with Crippen molar-refractivity contribution in [1.82, 2.24) is 4.90 Å². The third-order valence-electron chi connectivity index (χ3n) is 6.18. The molecular weight excluding hydrogens is 468 g/mol. The number of anilines is 1. The maximum absolute atomic E-state index is 11.2. The summed E-state index contributed by atoms with van der Waals surface area (Å²) in [7, 11) is 2.14. The Morgan fingerprint density at radius 1 is 0.686 bits per heavy atom. The van der Waals surface area contributed by atoms with Gasteiger partial charge >= 0.3 is 0 Å². The maximum atomic E-state index is 11.2. The standard InChI is InChI=1S/C16H19N3O2.C10H6ClNO2/c1-17-9-4-10-18(12-11-17)15-7-8-16(19(20)21)14-6-3-2-5-13(14)15;11-9-5-6-10(12(13)14)8-4-2-1-3-7(8)9/h2-3,5-8H,4,9-12H2,1H3;1-6H. The fourth-order valence-corrected chi connectivity index (χ4v) is 4.62. The zero-order chi connectivity index (χ0) is 24.9. The van der Waals surface area contributed by atoms with Gasteiger partial charge in [0, 0.05) is 53.2 Å². The highest BCUT2D eigenvalue weighted by molar-refractivity contribution is 6.35. The lowest BCUT2D eigenvalue weighted by Gasteiger charge is -2.24. The number of nitrogens with zero attached hydrogens (tertiary/aromatic N) is 4. The van der Waals surface area contributed by atoms with E-state index in [9.17, 15) is 20.2 Å². The van der Waals surface area contributed by atoms with Gasteiger partial charge in [-0.15, -0.1) is 0 Å². The highest BCUT2D eigenvalue weighted by atomic mass is 35.5. The van der Waals surface area contributed by atoms with Gasteiger partial charge < -0.3 is 9.80 Å². The minimum Gasteiger partial charge on any atom is -0.370 e. The average molecular weight is 493 g/mol. The van der Waals surface area contributed by atoms with Crippen LogP contribution in [0.1, 0.15) is 6.42 Å². The number of benzene rings is 4. The van der Waals surface area contributed by atoms with Crippen molar-refractivity contribution in [2.75, 3.05) is 38.1 Å². The monoisotopic (exact) mass is 492 g/mol. The molecule has 0 radical (unpaired) electrons. The molecule has 0 spiro atoms. The van der Waals surface area contributed by atoms with Crippen LogP contribution < -0.4 is 4.90 Å². The molecule has 0 saturated carbocycles. The SMILES string of the molecule is CN1CCCN(c2ccc([N+](=O)[O-])c3ccccc23)CC1.O=[N+]([O-])c1ccc(Cl)c2ccccc12. The summed E-state index contributed by atoms with van der Waals surface area (Å²) in [6, 6.07) is 21.1. The largest absolute Gasteiger partial charge is 0.370 e. The van der Waals surface area contributed by atoms with E-state index in [1.165, 1.54) is 6.07 Å². The average Bonchev–Trinajstić information content (AvgIpc) is 3.08. The second-order valence-corrected chi connectivity index (χ2v) is 8.83. The molecule has 9 heteroatoms. The van der Waals surface area contributed by atoms with E-state index < -0.39 is 4.92 Å². The molecule has 0 bridgehead atoms. The molecule has 35 heavy (non-hydrogen) atoms.